The van der Waals surface area contributed by atoms with Gasteiger partial charge in [0.25, 0.3) is 0 Å². The average molecular weight is 368 g/mol. The third kappa shape index (κ3) is 3.35. The Labute approximate surface area is 144 Å². The fourth-order valence-electron chi connectivity index (χ4n) is 2.81. The van der Waals surface area contributed by atoms with Crippen LogP contribution in [0.1, 0.15) is 16.2 Å². The molecule has 0 aliphatic carbocycles. The summed E-state index contributed by atoms with van der Waals surface area (Å²) >= 11 is 1.42. The first kappa shape index (κ1) is 17.1. The summed E-state index contributed by atoms with van der Waals surface area (Å²) in [4.78, 5) is 15.5. The predicted molar refractivity (Wildman–Crippen MR) is 91.3 cm³/mol. The molecule has 0 spiro atoms. The number of halogens is 1. The number of sulfonamides is 1. The number of anilines is 1. The van der Waals surface area contributed by atoms with Crippen molar-refractivity contribution in [3.63, 3.8) is 0 Å². The van der Waals surface area contributed by atoms with Crippen LogP contribution in [-0.4, -0.2) is 26.9 Å². The van der Waals surface area contributed by atoms with Crippen LogP contribution in [0.3, 0.4) is 0 Å². The molecule has 128 valence electrons. The van der Waals surface area contributed by atoms with Gasteiger partial charge in [-0.1, -0.05) is 0 Å². The lowest BCUT2D eigenvalue weighted by Crippen LogP contribution is -2.37. The van der Waals surface area contributed by atoms with Gasteiger partial charge in [-0.15, -0.1) is 11.3 Å². The Morgan fingerprint density at radius 3 is 2.50 bits per heavy atom. The Hall–Kier alpha value is -1.77. The Morgan fingerprint density at radius 1 is 1.25 bits per heavy atom. The number of amides is 1. The van der Waals surface area contributed by atoms with Crippen molar-refractivity contribution in [2.45, 2.75) is 31.2 Å². The highest BCUT2D eigenvalue weighted by molar-refractivity contribution is 7.89. The highest BCUT2D eigenvalue weighted by Gasteiger charge is 2.34. The van der Waals surface area contributed by atoms with Gasteiger partial charge in [0.2, 0.25) is 15.9 Å². The van der Waals surface area contributed by atoms with Crippen LogP contribution in [0.5, 0.6) is 0 Å². The van der Waals surface area contributed by atoms with Gasteiger partial charge < -0.3 is 4.90 Å². The second kappa shape index (κ2) is 6.27. The maximum Gasteiger partial charge on any atom is 0.241 e. The van der Waals surface area contributed by atoms with Crippen LogP contribution < -0.4 is 9.62 Å². The first-order valence-electron chi connectivity index (χ1n) is 7.41. The van der Waals surface area contributed by atoms with Crippen LogP contribution in [0.2, 0.25) is 0 Å². The van der Waals surface area contributed by atoms with Gasteiger partial charge in [-0.25, -0.2) is 17.5 Å². The van der Waals surface area contributed by atoms with E-state index in [-0.39, 0.29) is 29.6 Å². The van der Waals surface area contributed by atoms with E-state index >= 15 is 0 Å². The van der Waals surface area contributed by atoms with Crippen molar-refractivity contribution in [1.82, 2.24) is 4.72 Å². The van der Waals surface area contributed by atoms with Crippen molar-refractivity contribution < 1.29 is 17.6 Å². The van der Waals surface area contributed by atoms with Crippen molar-refractivity contribution in [2.75, 3.05) is 11.4 Å². The summed E-state index contributed by atoms with van der Waals surface area (Å²) < 4.78 is 40.7. The molecule has 0 radical (unpaired) electrons. The van der Waals surface area contributed by atoms with E-state index in [0.717, 1.165) is 9.75 Å². The van der Waals surface area contributed by atoms with Gasteiger partial charge in [-0.2, -0.15) is 0 Å². The molecule has 1 fully saturated rings. The van der Waals surface area contributed by atoms with Crippen molar-refractivity contribution in [3.8, 4) is 0 Å². The molecular weight excluding hydrogens is 351 g/mol. The number of thiophene rings is 1. The zero-order chi connectivity index (χ0) is 17.5. The molecule has 1 aliphatic heterocycles. The Bertz CT molecular complexity index is 875. The SMILES string of the molecule is Cc1cc(S(=O)(=O)NC2CC(=O)N(c3ccc(F)cc3)C2)c(C)s1. The molecule has 24 heavy (non-hydrogen) atoms. The van der Waals surface area contributed by atoms with E-state index in [1.54, 1.807) is 13.0 Å². The molecule has 1 amide bonds. The first-order chi connectivity index (χ1) is 11.3. The number of nitrogens with zero attached hydrogens (tertiary/aromatic N) is 1. The molecule has 0 bridgehead atoms. The molecule has 1 atom stereocenters. The zero-order valence-electron chi connectivity index (χ0n) is 13.2. The summed E-state index contributed by atoms with van der Waals surface area (Å²) in [5, 5.41) is 0. The molecule has 5 nitrogen and oxygen atoms in total. The summed E-state index contributed by atoms with van der Waals surface area (Å²) in [6, 6.07) is 6.70. The van der Waals surface area contributed by atoms with Gasteiger partial charge in [-0.05, 0) is 44.2 Å². The minimum Gasteiger partial charge on any atom is -0.311 e. The second-order valence-electron chi connectivity index (χ2n) is 5.78. The Morgan fingerprint density at radius 2 is 1.92 bits per heavy atom. The molecule has 2 heterocycles. The van der Waals surface area contributed by atoms with E-state index in [1.807, 2.05) is 6.92 Å². The fraction of sp³-hybridized carbons (Fsp3) is 0.312. The number of hydrogen-bond acceptors (Lipinski definition) is 4. The number of carbonyl (C=O) groups excluding carboxylic acids is 1. The quantitative estimate of drug-likeness (QED) is 0.902. The van der Waals surface area contributed by atoms with Crippen LogP contribution in [0, 0.1) is 19.7 Å². The monoisotopic (exact) mass is 368 g/mol. The lowest BCUT2D eigenvalue weighted by Gasteiger charge is -2.17. The van der Waals surface area contributed by atoms with Crippen LogP contribution in [0.25, 0.3) is 0 Å². The van der Waals surface area contributed by atoms with Gasteiger partial charge in [0.05, 0.1) is 4.90 Å². The molecule has 1 N–H and O–H groups in total. The number of rotatable bonds is 4. The van der Waals surface area contributed by atoms with Gasteiger partial charge in [0.1, 0.15) is 5.82 Å². The van der Waals surface area contributed by atoms with E-state index < -0.39 is 16.1 Å². The molecule has 1 aromatic heterocycles. The number of hydrogen-bond donors (Lipinski definition) is 1. The molecular formula is C16H17FN2O3S2. The maximum absolute atomic E-state index is 13.0. The van der Waals surface area contributed by atoms with E-state index in [4.69, 9.17) is 0 Å². The van der Waals surface area contributed by atoms with E-state index in [0.29, 0.717) is 5.69 Å². The standard InChI is InChI=1S/C16H17FN2O3S2/c1-10-7-15(11(2)23-10)24(21,22)18-13-8-16(20)19(9-13)14-5-3-12(17)4-6-14/h3-7,13,18H,8-9H2,1-2H3. The van der Waals surface area contributed by atoms with Crippen LogP contribution >= 0.6 is 11.3 Å². The van der Waals surface area contributed by atoms with E-state index in [2.05, 4.69) is 4.72 Å². The van der Waals surface area contributed by atoms with Gasteiger partial charge in [-0.3, -0.25) is 4.79 Å². The lowest BCUT2D eigenvalue weighted by atomic mass is 10.3. The number of nitrogens with one attached hydrogen (secondary N) is 1. The minimum atomic E-state index is -3.67. The first-order valence-corrected chi connectivity index (χ1v) is 9.71. The number of benzene rings is 1. The predicted octanol–water partition coefficient (Wildman–Crippen LogP) is 2.59. The highest BCUT2D eigenvalue weighted by atomic mass is 32.2. The third-order valence-corrected chi connectivity index (χ3v) is 6.61. The summed E-state index contributed by atoms with van der Waals surface area (Å²) in [5.41, 5.74) is 0.561. The normalized spacial score (nSPS) is 18.4. The number of carbonyl (C=O) groups is 1. The lowest BCUT2D eigenvalue weighted by molar-refractivity contribution is -0.117. The maximum atomic E-state index is 13.0. The average Bonchev–Trinajstić information content (AvgIpc) is 3.02. The summed E-state index contributed by atoms with van der Waals surface area (Å²) in [7, 11) is -3.67. The Kier molecular flexibility index (Phi) is 4.46. The van der Waals surface area contributed by atoms with Crippen molar-refractivity contribution in [3.05, 3.63) is 45.9 Å². The number of aryl methyl sites for hydroxylation is 2. The molecule has 8 heteroatoms. The molecule has 2 aromatic rings. The van der Waals surface area contributed by atoms with Crippen molar-refractivity contribution in [1.29, 1.82) is 0 Å². The van der Waals surface area contributed by atoms with E-state index in [9.17, 15) is 17.6 Å². The third-order valence-electron chi connectivity index (χ3n) is 3.87. The van der Waals surface area contributed by atoms with Gasteiger partial charge >= 0.3 is 0 Å². The zero-order valence-corrected chi connectivity index (χ0v) is 14.9. The molecule has 3 rings (SSSR count). The van der Waals surface area contributed by atoms with Crippen LogP contribution in [-0.2, 0) is 14.8 Å². The van der Waals surface area contributed by atoms with Crippen molar-refractivity contribution >= 4 is 33.0 Å². The van der Waals surface area contributed by atoms with Gasteiger partial charge in [0.15, 0.2) is 0 Å². The summed E-state index contributed by atoms with van der Waals surface area (Å²) in [6.07, 6.45) is 0.0821. The largest absolute Gasteiger partial charge is 0.311 e. The molecule has 0 saturated carbocycles. The van der Waals surface area contributed by atoms with Gasteiger partial charge in [0, 0.05) is 34.4 Å². The van der Waals surface area contributed by atoms with Crippen molar-refractivity contribution in [2.24, 2.45) is 0 Å². The highest BCUT2D eigenvalue weighted by Crippen LogP contribution is 2.27. The molecule has 1 aliphatic rings. The summed E-state index contributed by atoms with van der Waals surface area (Å²) in [5.74, 6) is -0.571. The van der Waals surface area contributed by atoms with E-state index in [1.165, 1.54) is 40.5 Å². The second-order valence-corrected chi connectivity index (χ2v) is 8.92. The summed E-state index contributed by atoms with van der Waals surface area (Å²) in [6.45, 7) is 3.84. The molecule has 1 aromatic carbocycles. The van der Waals surface area contributed by atoms with Crippen LogP contribution in [0.15, 0.2) is 35.2 Å². The topological polar surface area (TPSA) is 66.5 Å². The smallest absolute Gasteiger partial charge is 0.241 e. The Balaban J connectivity index is 1.76. The van der Waals surface area contributed by atoms with Crippen LogP contribution in [0.4, 0.5) is 10.1 Å². The minimum absolute atomic E-state index is 0.0821. The molecule has 1 saturated heterocycles. The molecule has 1 unspecified atom stereocenters. The fourth-order valence-corrected chi connectivity index (χ4v) is 5.60.